The van der Waals surface area contributed by atoms with E-state index in [1.54, 1.807) is 0 Å². The van der Waals surface area contributed by atoms with Gasteiger partial charge in [-0.15, -0.1) is 0 Å². The van der Waals surface area contributed by atoms with E-state index in [2.05, 4.69) is 74.6 Å². The number of carbonyl (C=O) groups excluding carboxylic acids is 1. The van der Waals surface area contributed by atoms with Crippen LogP contribution in [0.4, 0.5) is 0 Å². The molecular formula is C23H31NO2. The number of benzene rings is 2. The van der Waals surface area contributed by atoms with E-state index in [9.17, 15) is 4.79 Å². The molecule has 2 atom stereocenters. The van der Waals surface area contributed by atoms with Gasteiger partial charge >= 0.3 is 5.97 Å². The third kappa shape index (κ3) is 5.70. The predicted molar refractivity (Wildman–Crippen MR) is 107 cm³/mol. The van der Waals surface area contributed by atoms with E-state index in [1.165, 1.54) is 29.2 Å². The minimum absolute atomic E-state index is 0.255. The smallest absolute Gasteiger partial charge is 0.304 e. The fraction of sp³-hybridized carbons (Fsp3) is 0.435. The molecule has 26 heavy (non-hydrogen) atoms. The number of ether oxygens (including phenoxy) is 1. The van der Waals surface area contributed by atoms with Crippen molar-refractivity contribution < 1.29 is 9.53 Å². The maximum atomic E-state index is 11.4. The number of aryl methyl sites for hydroxylation is 1. The van der Waals surface area contributed by atoms with Crippen LogP contribution in [0.25, 0.3) is 0 Å². The molecule has 0 saturated carbocycles. The topological polar surface area (TPSA) is 38.3 Å². The SMILES string of the molecule is CNC(CC(Cc1ccccc1C)c1ccc(C(C)C)cc1)OC(C)=O. The molecule has 0 fully saturated rings. The molecular weight excluding hydrogens is 322 g/mol. The lowest BCUT2D eigenvalue weighted by Gasteiger charge is -2.24. The maximum Gasteiger partial charge on any atom is 0.304 e. The van der Waals surface area contributed by atoms with Crippen LogP contribution < -0.4 is 5.32 Å². The van der Waals surface area contributed by atoms with Crippen molar-refractivity contribution in [3.63, 3.8) is 0 Å². The van der Waals surface area contributed by atoms with Crippen molar-refractivity contribution in [3.05, 3.63) is 70.8 Å². The van der Waals surface area contributed by atoms with Gasteiger partial charge in [0.15, 0.2) is 6.23 Å². The molecule has 0 radical (unpaired) electrons. The zero-order valence-electron chi connectivity index (χ0n) is 16.6. The Bertz CT molecular complexity index is 706. The van der Waals surface area contributed by atoms with Gasteiger partial charge in [-0.3, -0.25) is 10.1 Å². The van der Waals surface area contributed by atoms with Crippen LogP contribution in [0.2, 0.25) is 0 Å². The molecule has 0 aliphatic rings. The molecule has 0 bridgehead atoms. The Balaban J connectivity index is 2.27. The first-order chi connectivity index (χ1) is 12.4. The molecule has 0 aliphatic carbocycles. The van der Waals surface area contributed by atoms with Gasteiger partial charge in [-0.05, 0) is 54.5 Å². The predicted octanol–water partition coefficient (Wildman–Crippen LogP) is 4.94. The summed E-state index contributed by atoms with van der Waals surface area (Å²) in [4.78, 5) is 11.4. The highest BCUT2D eigenvalue weighted by Gasteiger charge is 2.20. The zero-order valence-corrected chi connectivity index (χ0v) is 16.6. The molecule has 0 aromatic heterocycles. The first kappa shape index (κ1) is 20.2. The normalized spacial score (nSPS) is 13.5. The Morgan fingerprint density at radius 2 is 1.65 bits per heavy atom. The number of hydrogen-bond donors (Lipinski definition) is 1. The Hall–Kier alpha value is -2.13. The van der Waals surface area contributed by atoms with E-state index in [0.29, 0.717) is 5.92 Å². The molecule has 140 valence electrons. The second-order valence-electron chi connectivity index (χ2n) is 7.27. The number of hydrogen-bond acceptors (Lipinski definition) is 3. The number of rotatable bonds is 8. The van der Waals surface area contributed by atoms with E-state index in [1.807, 2.05) is 7.05 Å². The molecule has 2 aromatic rings. The van der Waals surface area contributed by atoms with Crippen LogP contribution in [0, 0.1) is 6.92 Å². The zero-order chi connectivity index (χ0) is 19.1. The van der Waals surface area contributed by atoms with Crippen LogP contribution in [0.3, 0.4) is 0 Å². The lowest BCUT2D eigenvalue weighted by atomic mass is 9.86. The highest BCUT2D eigenvalue weighted by Crippen LogP contribution is 2.29. The lowest BCUT2D eigenvalue weighted by Crippen LogP contribution is -2.32. The van der Waals surface area contributed by atoms with Gasteiger partial charge in [0.25, 0.3) is 0 Å². The van der Waals surface area contributed by atoms with Gasteiger partial charge in [0.05, 0.1) is 0 Å². The van der Waals surface area contributed by atoms with E-state index in [4.69, 9.17) is 4.74 Å². The lowest BCUT2D eigenvalue weighted by molar-refractivity contribution is -0.148. The van der Waals surface area contributed by atoms with E-state index < -0.39 is 0 Å². The third-order valence-corrected chi connectivity index (χ3v) is 4.93. The summed E-state index contributed by atoms with van der Waals surface area (Å²) < 4.78 is 5.43. The molecule has 3 nitrogen and oxygen atoms in total. The van der Waals surface area contributed by atoms with Crippen LogP contribution in [0.1, 0.15) is 61.3 Å². The molecule has 0 aliphatic heterocycles. The molecule has 2 aromatic carbocycles. The molecule has 3 heteroatoms. The maximum absolute atomic E-state index is 11.4. The van der Waals surface area contributed by atoms with Gasteiger partial charge in [-0.25, -0.2) is 0 Å². The summed E-state index contributed by atoms with van der Waals surface area (Å²) in [7, 11) is 1.83. The summed E-state index contributed by atoms with van der Waals surface area (Å²) in [5, 5.41) is 3.12. The second-order valence-corrected chi connectivity index (χ2v) is 7.27. The van der Waals surface area contributed by atoms with Gasteiger partial charge < -0.3 is 4.74 Å². The van der Waals surface area contributed by atoms with Crippen molar-refractivity contribution in [3.8, 4) is 0 Å². The fourth-order valence-corrected chi connectivity index (χ4v) is 3.28. The summed E-state index contributed by atoms with van der Waals surface area (Å²) in [6.45, 7) is 8.02. The molecule has 2 rings (SSSR count). The first-order valence-electron chi connectivity index (χ1n) is 9.39. The average Bonchev–Trinajstić information content (AvgIpc) is 2.61. The van der Waals surface area contributed by atoms with E-state index in [0.717, 1.165) is 12.8 Å². The molecule has 0 amide bonds. The summed E-state index contributed by atoms with van der Waals surface area (Å²) in [5.41, 5.74) is 5.26. The van der Waals surface area contributed by atoms with Crippen LogP contribution in [0.5, 0.6) is 0 Å². The molecule has 0 heterocycles. The highest BCUT2D eigenvalue weighted by atomic mass is 16.6. The van der Waals surface area contributed by atoms with Crippen LogP contribution >= 0.6 is 0 Å². The third-order valence-electron chi connectivity index (χ3n) is 4.93. The number of esters is 1. The van der Waals surface area contributed by atoms with Crippen molar-refractivity contribution in [2.75, 3.05) is 7.05 Å². The minimum Gasteiger partial charge on any atom is -0.447 e. The standard InChI is InChI=1S/C23H31NO2/c1-16(2)19-10-12-20(13-11-19)22(15-23(24-5)26-18(4)25)14-21-9-7-6-8-17(21)3/h6-13,16,22-24H,14-15H2,1-5H3. The molecule has 2 unspecified atom stereocenters. The van der Waals surface area contributed by atoms with Gasteiger partial charge in [0.2, 0.25) is 0 Å². The van der Waals surface area contributed by atoms with Crippen molar-refractivity contribution in [2.45, 2.75) is 58.6 Å². The summed E-state index contributed by atoms with van der Waals surface area (Å²) in [6.07, 6.45) is 1.38. The summed E-state index contributed by atoms with van der Waals surface area (Å²) >= 11 is 0. The largest absolute Gasteiger partial charge is 0.447 e. The van der Waals surface area contributed by atoms with Crippen molar-refractivity contribution in [2.24, 2.45) is 0 Å². The fourth-order valence-electron chi connectivity index (χ4n) is 3.28. The van der Waals surface area contributed by atoms with Crippen LogP contribution in [-0.2, 0) is 16.0 Å². The Morgan fingerprint density at radius 3 is 2.19 bits per heavy atom. The van der Waals surface area contributed by atoms with Crippen molar-refractivity contribution >= 4 is 5.97 Å². The monoisotopic (exact) mass is 353 g/mol. The van der Waals surface area contributed by atoms with E-state index >= 15 is 0 Å². The number of nitrogens with one attached hydrogen (secondary N) is 1. The quantitative estimate of drug-likeness (QED) is 0.539. The minimum atomic E-state index is -0.286. The molecule has 0 spiro atoms. The summed E-state index contributed by atoms with van der Waals surface area (Å²) in [5.74, 6) is 0.535. The second kappa shape index (κ2) is 9.54. The van der Waals surface area contributed by atoms with Crippen LogP contribution in [0.15, 0.2) is 48.5 Å². The van der Waals surface area contributed by atoms with Crippen molar-refractivity contribution in [1.82, 2.24) is 5.32 Å². The van der Waals surface area contributed by atoms with Gasteiger partial charge in [-0.2, -0.15) is 0 Å². The number of carbonyl (C=O) groups is 1. The molecule has 1 N–H and O–H groups in total. The average molecular weight is 354 g/mol. The van der Waals surface area contributed by atoms with Crippen molar-refractivity contribution in [1.29, 1.82) is 0 Å². The van der Waals surface area contributed by atoms with Gasteiger partial charge in [-0.1, -0.05) is 62.4 Å². The molecule has 0 saturated heterocycles. The first-order valence-corrected chi connectivity index (χ1v) is 9.39. The Labute approximate surface area is 157 Å². The van der Waals surface area contributed by atoms with Gasteiger partial charge in [0, 0.05) is 13.3 Å². The van der Waals surface area contributed by atoms with E-state index in [-0.39, 0.29) is 18.1 Å². The van der Waals surface area contributed by atoms with Crippen LogP contribution in [-0.4, -0.2) is 19.2 Å². The highest BCUT2D eigenvalue weighted by molar-refractivity contribution is 5.66. The Morgan fingerprint density at radius 1 is 1.04 bits per heavy atom. The summed E-state index contributed by atoms with van der Waals surface area (Å²) in [6, 6.07) is 17.4. The Kier molecular flexibility index (Phi) is 7.40. The van der Waals surface area contributed by atoms with Gasteiger partial charge in [0.1, 0.15) is 0 Å².